The van der Waals surface area contributed by atoms with Crippen molar-refractivity contribution in [2.24, 2.45) is 0 Å². The molecule has 0 radical (unpaired) electrons. The van der Waals surface area contributed by atoms with Crippen LogP contribution in [-0.4, -0.2) is 31.0 Å². The number of aromatic nitrogens is 2. The van der Waals surface area contributed by atoms with Gasteiger partial charge in [0.25, 0.3) is 0 Å². The van der Waals surface area contributed by atoms with Crippen LogP contribution in [0.25, 0.3) is 22.0 Å². The summed E-state index contributed by atoms with van der Waals surface area (Å²) in [7, 11) is 1.70. The molecule has 0 bridgehead atoms. The molecule has 3 nitrogen and oxygen atoms in total. The van der Waals surface area contributed by atoms with Gasteiger partial charge in [-0.1, -0.05) is 0 Å². The van der Waals surface area contributed by atoms with Crippen molar-refractivity contribution in [1.29, 1.82) is 0 Å². The van der Waals surface area contributed by atoms with Crippen LogP contribution in [0.2, 0.25) is 0 Å². The second-order valence-electron chi connectivity index (χ2n) is 4.73. The predicted molar refractivity (Wildman–Crippen MR) is 75.9 cm³/mol. The normalized spacial score (nSPS) is 13.1. The molecule has 19 heavy (non-hydrogen) atoms. The first kappa shape index (κ1) is 11.2. The Morgan fingerprint density at radius 1 is 1.16 bits per heavy atom. The number of fused-ring (bicyclic) bond motifs is 5. The van der Waals surface area contributed by atoms with E-state index in [2.05, 4.69) is 33.5 Å². The maximum atomic E-state index is 5.30. The van der Waals surface area contributed by atoms with Gasteiger partial charge in [0.05, 0.1) is 0 Å². The van der Waals surface area contributed by atoms with E-state index < -0.39 is 0 Å². The fraction of sp³-hybridized carbons (Fsp3) is 0.200. The third-order valence-corrected chi connectivity index (χ3v) is 5.37. The number of rotatable bonds is 1. The van der Waals surface area contributed by atoms with Crippen molar-refractivity contribution in [2.45, 2.75) is 12.8 Å². The first-order valence-corrected chi connectivity index (χ1v) is 7.90. The number of ether oxygens (including phenoxy) is 1. The molecule has 0 saturated carbocycles. The van der Waals surface area contributed by atoms with Gasteiger partial charge in [0.2, 0.25) is 0 Å². The molecule has 1 aliphatic carbocycles. The van der Waals surface area contributed by atoms with Gasteiger partial charge in [0.1, 0.15) is 0 Å². The van der Waals surface area contributed by atoms with Gasteiger partial charge in [-0.25, -0.2) is 0 Å². The van der Waals surface area contributed by atoms with Crippen LogP contribution in [0.3, 0.4) is 0 Å². The minimum absolute atomic E-state index is 0.224. The Hall–Kier alpha value is -1.64. The van der Waals surface area contributed by atoms with E-state index >= 15 is 0 Å². The van der Waals surface area contributed by atoms with Crippen molar-refractivity contribution >= 4 is 25.5 Å². The van der Waals surface area contributed by atoms with Crippen LogP contribution in [0.5, 0.6) is 5.75 Å². The molecule has 1 aliphatic rings. The topological polar surface area (TPSA) is 35.0 Å². The molecular formula is C15H12N2OSe. The Kier molecular flexibility index (Phi) is 2.47. The molecule has 1 heterocycles. The monoisotopic (exact) mass is 316 g/mol. The molecule has 1 aromatic heterocycles. The van der Waals surface area contributed by atoms with Gasteiger partial charge >= 0.3 is 117 Å². The quantitative estimate of drug-likeness (QED) is 0.647. The first-order chi connectivity index (χ1) is 9.36. The predicted octanol–water partition coefficient (Wildman–Crippen LogP) is 2.46. The second kappa shape index (κ2) is 4.19. The molecule has 0 unspecified atom stereocenters. The molecule has 0 spiro atoms. The van der Waals surface area contributed by atoms with Crippen LogP contribution in [0.15, 0.2) is 30.3 Å². The molecule has 0 saturated heterocycles. The summed E-state index contributed by atoms with van der Waals surface area (Å²) in [5.41, 5.74) is 3.83. The summed E-state index contributed by atoms with van der Waals surface area (Å²) < 4.78 is 11.0. The van der Waals surface area contributed by atoms with E-state index in [1.54, 1.807) is 7.11 Å². The summed E-state index contributed by atoms with van der Waals surface area (Å²) in [6.45, 7) is 0. The fourth-order valence-corrected chi connectivity index (χ4v) is 4.13. The van der Waals surface area contributed by atoms with Crippen molar-refractivity contribution in [2.75, 3.05) is 7.11 Å². The molecule has 2 aromatic carbocycles. The van der Waals surface area contributed by atoms with Crippen LogP contribution in [-0.2, 0) is 12.8 Å². The zero-order chi connectivity index (χ0) is 12.8. The Balaban J connectivity index is 2.07. The third kappa shape index (κ3) is 1.64. The first-order valence-electron chi connectivity index (χ1n) is 6.28. The van der Waals surface area contributed by atoms with Crippen LogP contribution in [0.1, 0.15) is 10.0 Å². The third-order valence-electron chi connectivity index (χ3n) is 3.73. The molecular weight excluding hydrogens is 303 g/mol. The second-order valence-corrected chi connectivity index (χ2v) is 6.49. The van der Waals surface area contributed by atoms with Crippen LogP contribution < -0.4 is 4.74 Å². The average molecular weight is 315 g/mol. The minimum atomic E-state index is 0.224. The van der Waals surface area contributed by atoms with E-state index in [1.165, 1.54) is 26.3 Å². The summed E-state index contributed by atoms with van der Waals surface area (Å²) in [6, 6.07) is 10.7. The average Bonchev–Trinajstić information content (AvgIpc) is 2.94. The molecule has 0 amide bonds. The van der Waals surface area contributed by atoms with Gasteiger partial charge < -0.3 is 0 Å². The fourth-order valence-electron chi connectivity index (χ4n) is 2.78. The van der Waals surface area contributed by atoms with Crippen molar-refractivity contribution in [3.8, 4) is 17.0 Å². The summed E-state index contributed by atoms with van der Waals surface area (Å²) in [4.78, 5) is 0. The van der Waals surface area contributed by atoms with E-state index in [0.717, 1.165) is 24.3 Å². The van der Waals surface area contributed by atoms with Gasteiger partial charge in [0, 0.05) is 0 Å². The molecule has 4 rings (SSSR count). The van der Waals surface area contributed by atoms with E-state index in [4.69, 9.17) is 4.74 Å². The molecule has 0 N–H and O–H groups in total. The van der Waals surface area contributed by atoms with Gasteiger partial charge in [-0.2, -0.15) is 0 Å². The standard InChI is InChI=1S/C15H12N2OSe/c1-18-11-5-6-12-10(8-11)3-2-9-4-7-13-15(14(9)12)16-17-19-13/h2-3,5-6,8H,4,7H2,1H3. The SMILES string of the molecule is COc1ccc2c3c(ccc2c1)CCc1[se]nnc1-3. The van der Waals surface area contributed by atoms with E-state index in [0.29, 0.717) is 0 Å². The number of nitrogens with zero attached hydrogens (tertiary/aromatic N) is 2. The van der Waals surface area contributed by atoms with Gasteiger partial charge in [-0.05, 0) is 0 Å². The van der Waals surface area contributed by atoms with Crippen molar-refractivity contribution in [3.63, 3.8) is 0 Å². The van der Waals surface area contributed by atoms with Gasteiger partial charge in [0.15, 0.2) is 0 Å². The molecule has 0 fully saturated rings. The summed E-state index contributed by atoms with van der Waals surface area (Å²) in [5.74, 6) is 0.898. The Labute approximate surface area is 117 Å². The zero-order valence-corrected chi connectivity index (χ0v) is 12.2. The molecule has 0 atom stereocenters. The van der Waals surface area contributed by atoms with Crippen molar-refractivity contribution in [3.05, 3.63) is 40.3 Å². The molecule has 3 aromatic rings. The Bertz CT molecular complexity index is 779. The molecule has 94 valence electrons. The Morgan fingerprint density at radius 3 is 3.00 bits per heavy atom. The van der Waals surface area contributed by atoms with Crippen LogP contribution >= 0.6 is 0 Å². The van der Waals surface area contributed by atoms with Crippen LogP contribution in [0.4, 0.5) is 0 Å². The summed E-state index contributed by atoms with van der Waals surface area (Å²) in [5, 5.41) is 6.87. The van der Waals surface area contributed by atoms with E-state index in [-0.39, 0.29) is 14.7 Å². The number of benzene rings is 2. The molecule has 0 aliphatic heterocycles. The van der Waals surface area contributed by atoms with E-state index in [1.807, 2.05) is 6.07 Å². The number of aryl methyl sites for hydroxylation is 2. The van der Waals surface area contributed by atoms with Gasteiger partial charge in [-0.15, -0.1) is 0 Å². The summed E-state index contributed by atoms with van der Waals surface area (Å²) >= 11 is 0.224. The van der Waals surface area contributed by atoms with Crippen LogP contribution in [0, 0.1) is 0 Å². The van der Waals surface area contributed by atoms with Crippen molar-refractivity contribution < 1.29 is 4.74 Å². The van der Waals surface area contributed by atoms with Gasteiger partial charge in [-0.3, -0.25) is 0 Å². The number of methoxy groups -OCH3 is 1. The number of hydrogen-bond acceptors (Lipinski definition) is 3. The number of hydrogen-bond donors (Lipinski definition) is 0. The summed E-state index contributed by atoms with van der Waals surface area (Å²) in [6.07, 6.45) is 2.24. The van der Waals surface area contributed by atoms with E-state index in [9.17, 15) is 0 Å². The zero-order valence-electron chi connectivity index (χ0n) is 10.5. The molecule has 4 heteroatoms. The maximum absolute atomic E-state index is 5.30. The Morgan fingerprint density at radius 2 is 2.11 bits per heavy atom. The van der Waals surface area contributed by atoms with Crippen molar-refractivity contribution in [1.82, 2.24) is 9.19 Å².